The van der Waals surface area contributed by atoms with E-state index in [-0.39, 0.29) is 0 Å². The van der Waals surface area contributed by atoms with Gasteiger partial charge in [0.25, 0.3) is 0 Å². The number of furan rings is 1. The monoisotopic (exact) mass is 242 g/mol. The van der Waals surface area contributed by atoms with Crippen LogP contribution in [-0.4, -0.2) is 11.1 Å². The maximum absolute atomic E-state index is 10.7. The van der Waals surface area contributed by atoms with Gasteiger partial charge in [-0.1, -0.05) is 24.3 Å². The van der Waals surface area contributed by atoms with E-state index in [0.29, 0.717) is 5.57 Å². The largest absolute Gasteiger partial charge is 0.478 e. The summed E-state index contributed by atoms with van der Waals surface area (Å²) in [6.45, 7) is 3.48. The van der Waals surface area contributed by atoms with Crippen LogP contribution >= 0.6 is 0 Å². The first-order chi connectivity index (χ1) is 8.56. The third-order valence-corrected chi connectivity index (χ3v) is 2.66. The molecule has 2 rings (SSSR count). The van der Waals surface area contributed by atoms with Crippen molar-refractivity contribution in [3.63, 3.8) is 0 Å². The highest BCUT2D eigenvalue weighted by atomic mass is 16.4. The molecule has 92 valence electrons. The lowest BCUT2D eigenvalue weighted by molar-refractivity contribution is -0.132. The molecule has 1 N–H and O–H groups in total. The Morgan fingerprint density at radius 3 is 2.33 bits per heavy atom. The molecule has 0 fully saturated rings. The summed E-state index contributed by atoms with van der Waals surface area (Å²) < 4.78 is 5.52. The fraction of sp³-hybridized carbons (Fsp3) is 0.133. The lowest BCUT2D eigenvalue weighted by atomic mass is 10.1. The van der Waals surface area contributed by atoms with Crippen LogP contribution in [0.3, 0.4) is 0 Å². The van der Waals surface area contributed by atoms with E-state index in [1.165, 1.54) is 0 Å². The van der Waals surface area contributed by atoms with Crippen LogP contribution in [0.15, 0.2) is 46.4 Å². The van der Waals surface area contributed by atoms with E-state index in [4.69, 9.17) is 9.52 Å². The molecule has 3 nitrogen and oxygen atoms in total. The molecule has 0 saturated heterocycles. The number of hydrogen-bond acceptors (Lipinski definition) is 2. The second kappa shape index (κ2) is 4.92. The van der Waals surface area contributed by atoms with E-state index in [2.05, 4.69) is 0 Å². The minimum absolute atomic E-state index is 0.316. The van der Waals surface area contributed by atoms with Crippen molar-refractivity contribution in [2.45, 2.75) is 13.8 Å². The summed E-state index contributed by atoms with van der Waals surface area (Å²) in [6.07, 6.45) is 1.64. The van der Waals surface area contributed by atoms with Gasteiger partial charge in [0.2, 0.25) is 0 Å². The van der Waals surface area contributed by atoms with Crippen molar-refractivity contribution in [2.24, 2.45) is 0 Å². The van der Waals surface area contributed by atoms with Gasteiger partial charge in [-0.3, -0.25) is 0 Å². The van der Waals surface area contributed by atoms with Crippen molar-refractivity contribution in [1.29, 1.82) is 0 Å². The van der Waals surface area contributed by atoms with Crippen molar-refractivity contribution >= 4 is 12.0 Å². The maximum Gasteiger partial charge on any atom is 0.331 e. The molecule has 1 aromatic carbocycles. The molecule has 0 atom stereocenters. The number of aryl methyl sites for hydroxylation is 1. The number of carbonyl (C=O) groups is 1. The smallest absolute Gasteiger partial charge is 0.331 e. The summed E-state index contributed by atoms with van der Waals surface area (Å²) in [5.74, 6) is 0.786. The van der Waals surface area contributed by atoms with Crippen LogP contribution in [0.5, 0.6) is 0 Å². The van der Waals surface area contributed by atoms with Gasteiger partial charge in [-0.15, -0.1) is 0 Å². The van der Waals surface area contributed by atoms with Crippen LogP contribution in [0, 0.1) is 6.92 Å². The molecule has 0 spiro atoms. The lowest BCUT2D eigenvalue weighted by Gasteiger charge is -1.99. The van der Waals surface area contributed by atoms with Gasteiger partial charge in [0.1, 0.15) is 11.5 Å². The normalized spacial score (nSPS) is 11.6. The topological polar surface area (TPSA) is 50.4 Å². The molecule has 2 aromatic rings. The number of carboxylic acid groups (broad SMARTS) is 1. The summed E-state index contributed by atoms with van der Waals surface area (Å²) in [5, 5.41) is 8.80. The van der Waals surface area contributed by atoms with E-state index in [9.17, 15) is 4.79 Å². The average Bonchev–Trinajstić information content (AvgIpc) is 2.76. The predicted octanol–water partition coefficient (Wildman–Crippen LogP) is 3.74. The van der Waals surface area contributed by atoms with E-state index < -0.39 is 5.97 Å². The second-order valence-corrected chi connectivity index (χ2v) is 4.16. The Morgan fingerprint density at radius 1 is 1.17 bits per heavy atom. The fourth-order valence-corrected chi connectivity index (χ4v) is 1.65. The third kappa shape index (κ3) is 2.69. The zero-order valence-corrected chi connectivity index (χ0v) is 10.3. The summed E-state index contributed by atoms with van der Waals surface area (Å²) in [7, 11) is 0. The molecular formula is C15H14O3. The standard InChI is InChI=1S/C15H14O3/c1-10(15(16)17)9-12-4-6-13(7-5-12)14-8-3-11(2)18-14/h3-9H,1-2H3,(H,16,17)/b10-9+. The maximum atomic E-state index is 10.7. The van der Waals surface area contributed by atoms with E-state index in [1.807, 2.05) is 43.3 Å². The Morgan fingerprint density at radius 2 is 1.83 bits per heavy atom. The molecule has 18 heavy (non-hydrogen) atoms. The fourth-order valence-electron chi connectivity index (χ4n) is 1.65. The lowest BCUT2D eigenvalue weighted by Crippen LogP contribution is -1.95. The molecule has 0 saturated carbocycles. The molecule has 1 aromatic heterocycles. The van der Waals surface area contributed by atoms with Gasteiger partial charge in [-0.2, -0.15) is 0 Å². The highest BCUT2D eigenvalue weighted by Gasteiger charge is 2.03. The summed E-state index contributed by atoms with van der Waals surface area (Å²) in [6, 6.07) is 11.4. The zero-order chi connectivity index (χ0) is 13.1. The number of rotatable bonds is 3. The molecule has 0 aliphatic heterocycles. The molecule has 0 aliphatic rings. The molecular weight excluding hydrogens is 228 g/mol. The van der Waals surface area contributed by atoms with Crippen LogP contribution in [-0.2, 0) is 4.79 Å². The highest BCUT2D eigenvalue weighted by Crippen LogP contribution is 2.22. The Bertz CT molecular complexity index is 588. The first kappa shape index (κ1) is 12.2. The quantitative estimate of drug-likeness (QED) is 0.834. The van der Waals surface area contributed by atoms with Crippen molar-refractivity contribution in [3.8, 4) is 11.3 Å². The molecule has 1 heterocycles. The molecule has 0 amide bonds. The van der Waals surface area contributed by atoms with E-state index in [0.717, 1.165) is 22.6 Å². The van der Waals surface area contributed by atoms with Gasteiger partial charge in [0.15, 0.2) is 0 Å². The molecule has 0 bridgehead atoms. The number of aliphatic carboxylic acids is 1. The van der Waals surface area contributed by atoms with Gasteiger partial charge in [0.05, 0.1) is 0 Å². The molecule has 3 heteroatoms. The summed E-state index contributed by atoms with van der Waals surface area (Å²) in [4.78, 5) is 10.7. The third-order valence-electron chi connectivity index (χ3n) is 2.66. The van der Waals surface area contributed by atoms with Gasteiger partial charge in [-0.25, -0.2) is 4.79 Å². The molecule has 0 aliphatic carbocycles. The number of benzene rings is 1. The minimum Gasteiger partial charge on any atom is -0.478 e. The first-order valence-corrected chi connectivity index (χ1v) is 5.65. The van der Waals surface area contributed by atoms with Crippen LogP contribution in [0.25, 0.3) is 17.4 Å². The molecule has 0 radical (unpaired) electrons. The van der Waals surface area contributed by atoms with Gasteiger partial charge in [0, 0.05) is 11.1 Å². The van der Waals surface area contributed by atoms with E-state index >= 15 is 0 Å². The van der Waals surface area contributed by atoms with Gasteiger partial charge < -0.3 is 9.52 Å². The van der Waals surface area contributed by atoms with Crippen LogP contribution < -0.4 is 0 Å². The first-order valence-electron chi connectivity index (χ1n) is 5.65. The van der Waals surface area contributed by atoms with Gasteiger partial charge in [-0.05, 0) is 37.6 Å². The Balaban J connectivity index is 2.25. The van der Waals surface area contributed by atoms with Crippen LogP contribution in [0.2, 0.25) is 0 Å². The van der Waals surface area contributed by atoms with Crippen LogP contribution in [0.4, 0.5) is 0 Å². The number of carboxylic acids is 1. The van der Waals surface area contributed by atoms with Crippen molar-refractivity contribution < 1.29 is 14.3 Å². The number of hydrogen-bond donors (Lipinski definition) is 1. The minimum atomic E-state index is -0.902. The summed E-state index contributed by atoms with van der Waals surface area (Å²) >= 11 is 0. The van der Waals surface area contributed by atoms with Crippen LogP contribution in [0.1, 0.15) is 18.2 Å². The Labute approximate surface area is 105 Å². The molecule has 0 unspecified atom stereocenters. The average molecular weight is 242 g/mol. The Kier molecular flexibility index (Phi) is 3.33. The highest BCUT2D eigenvalue weighted by molar-refractivity contribution is 5.91. The Hall–Kier alpha value is -2.29. The SMILES string of the molecule is C/C(=C\c1ccc(-c2ccc(C)o2)cc1)C(=O)O. The predicted molar refractivity (Wildman–Crippen MR) is 70.2 cm³/mol. The van der Waals surface area contributed by atoms with Crippen molar-refractivity contribution in [2.75, 3.05) is 0 Å². The van der Waals surface area contributed by atoms with Crippen molar-refractivity contribution in [1.82, 2.24) is 0 Å². The summed E-state index contributed by atoms with van der Waals surface area (Å²) in [5.41, 5.74) is 2.16. The zero-order valence-electron chi connectivity index (χ0n) is 10.3. The van der Waals surface area contributed by atoms with E-state index in [1.54, 1.807) is 13.0 Å². The van der Waals surface area contributed by atoms with Gasteiger partial charge >= 0.3 is 5.97 Å². The van der Waals surface area contributed by atoms with Crippen molar-refractivity contribution in [3.05, 3.63) is 53.3 Å². The second-order valence-electron chi connectivity index (χ2n) is 4.16.